The molecule has 24 heavy (non-hydrogen) atoms. The van der Waals surface area contributed by atoms with E-state index in [4.69, 9.17) is 0 Å². The summed E-state index contributed by atoms with van der Waals surface area (Å²) in [6, 6.07) is 7.87. The number of urea groups is 1. The standard InChI is InChI=1S/C18H19N3O2S/c1-11-3-5-12(6-4-11)15-19-14(10-24-15)9-21-16(22)18(2,13-7-8-13)20-17(21)23/h3-6,10,13H,7-9H2,1-2H3,(H,20,23)/t18-/m0/s1. The minimum absolute atomic E-state index is 0.125. The summed E-state index contributed by atoms with van der Waals surface area (Å²) >= 11 is 1.53. The van der Waals surface area contributed by atoms with Crippen LogP contribution in [0.2, 0.25) is 0 Å². The van der Waals surface area contributed by atoms with Crippen molar-refractivity contribution in [1.29, 1.82) is 0 Å². The summed E-state index contributed by atoms with van der Waals surface area (Å²) in [4.78, 5) is 30.8. The molecule has 2 aromatic rings. The van der Waals surface area contributed by atoms with Gasteiger partial charge >= 0.3 is 6.03 Å². The van der Waals surface area contributed by atoms with Gasteiger partial charge in [0.2, 0.25) is 0 Å². The first-order valence-electron chi connectivity index (χ1n) is 8.13. The lowest BCUT2D eigenvalue weighted by Crippen LogP contribution is -2.46. The molecule has 1 N–H and O–H groups in total. The zero-order chi connectivity index (χ0) is 16.9. The van der Waals surface area contributed by atoms with Gasteiger partial charge in [0.15, 0.2) is 0 Å². The second kappa shape index (κ2) is 5.41. The number of nitrogens with zero attached hydrogens (tertiary/aromatic N) is 2. The average molecular weight is 341 g/mol. The van der Waals surface area contributed by atoms with E-state index >= 15 is 0 Å². The zero-order valence-corrected chi connectivity index (χ0v) is 14.5. The van der Waals surface area contributed by atoms with Crippen LogP contribution in [0.1, 0.15) is 31.0 Å². The number of amides is 3. The van der Waals surface area contributed by atoms with Crippen molar-refractivity contribution in [1.82, 2.24) is 15.2 Å². The van der Waals surface area contributed by atoms with Gasteiger partial charge in [0.1, 0.15) is 10.5 Å². The SMILES string of the molecule is Cc1ccc(-c2nc(CN3C(=O)N[C@@](C)(C4CC4)C3=O)cs2)cc1. The maximum atomic E-state index is 12.7. The number of aromatic nitrogens is 1. The molecule has 2 fully saturated rings. The Balaban J connectivity index is 1.53. The summed E-state index contributed by atoms with van der Waals surface area (Å²) in [5, 5.41) is 5.69. The highest BCUT2D eigenvalue weighted by Gasteiger charge is 2.55. The summed E-state index contributed by atoms with van der Waals surface area (Å²) < 4.78 is 0. The largest absolute Gasteiger partial charge is 0.325 e. The number of thiazole rings is 1. The fourth-order valence-corrected chi connectivity index (χ4v) is 3.98. The van der Waals surface area contributed by atoms with Crippen molar-refractivity contribution >= 4 is 23.3 Å². The average Bonchev–Trinajstić information content (AvgIpc) is 3.28. The van der Waals surface area contributed by atoms with Crippen LogP contribution in [0.5, 0.6) is 0 Å². The minimum Gasteiger partial charge on any atom is -0.323 e. The van der Waals surface area contributed by atoms with Gasteiger partial charge in [0.05, 0.1) is 12.2 Å². The van der Waals surface area contributed by atoms with Gasteiger partial charge in [0.25, 0.3) is 5.91 Å². The Kier molecular flexibility index (Phi) is 3.46. The number of imide groups is 1. The van der Waals surface area contributed by atoms with Crippen LogP contribution in [0.4, 0.5) is 4.79 Å². The molecule has 1 saturated heterocycles. The van der Waals surface area contributed by atoms with E-state index in [0.29, 0.717) is 0 Å². The van der Waals surface area contributed by atoms with Crippen LogP contribution in [0, 0.1) is 12.8 Å². The van der Waals surface area contributed by atoms with Crippen LogP contribution in [0.25, 0.3) is 10.6 Å². The van der Waals surface area contributed by atoms with Crippen molar-refractivity contribution in [2.75, 3.05) is 0 Å². The van der Waals surface area contributed by atoms with Gasteiger partial charge in [-0.05, 0) is 32.6 Å². The first-order chi connectivity index (χ1) is 11.5. The topological polar surface area (TPSA) is 62.3 Å². The third-order valence-electron chi connectivity index (χ3n) is 4.87. The summed E-state index contributed by atoms with van der Waals surface area (Å²) in [6.07, 6.45) is 2.01. The number of aryl methyl sites for hydroxylation is 1. The maximum Gasteiger partial charge on any atom is 0.325 e. The Morgan fingerprint density at radius 1 is 1.29 bits per heavy atom. The van der Waals surface area contributed by atoms with E-state index in [1.807, 2.05) is 31.4 Å². The Hall–Kier alpha value is -2.21. The molecule has 1 aromatic heterocycles. The number of benzene rings is 1. The summed E-state index contributed by atoms with van der Waals surface area (Å²) in [5.41, 5.74) is 2.28. The molecule has 1 aliphatic heterocycles. The lowest BCUT2D eigenvalue weighted by atomic mass is 9.96. The van der Waals surface area contributed by atoms with Crippen LogP contribution in [-0.2, 0) is 11.3 Å². The van der Waals surface area contributed by atoms with Gasteiger partial charge in [-0.2, -0.15) is 0 Å². The highest BCUT2D eigenvalue weighted by Crippen LogP contribution is 2.42. The number of hydrogen-bond acceptors (Lipinski definition) is 4. The molecular weight excluding hydrogens is 322 g/mol. The van der Waals surface area contributed by atoms with E-state index in [1.165, 1.54) is 21.8 Å². The lowest BCUT2D eigenvalue weighted by Gasteiger charge is -2.20. The fourth-order valence-electron chi connectivity index (χ4n) is 3.17. The Morgan fingerprint density at radius 3 is 2.67 bits per heavy atom. The highest BCUT2D eigenvalue weighted by atomic mass is 32.1. The van der Waals surface area contributed by atoms with E-state index in [-0.39, 0.29) is 24.4 Å². The van der Waals surface area contributed by atoms with Gasteiger partial charge in [-0.3, -0.25) is 9.69 Å². The van der Waals surface area contributed by atoms with Gasteiger partial charge in [0, 0.05) is 10.9 Å². The number of hydrogen-bond donors (Lipinski definition) is 1. The van der Waals surface area contributed by atoms with Crippen molar-refractivity contribution in [3.8, 4) is 10.6 Å². The normalized spacial score (nSPS) is 23.7. The van der Waals surface area contributed by atoms with Gasteiger partial charge in [-0.15, -0.1) is 11.3 Å². The van der Waals surface area contributed by atoms with Crippen LogP contribution < -0.4 is 5.32 Å². The van der Waals surface area contributed by atoms with Crippen molar-refractivity contribution in [2.24, 2.45) is 5.92 Å². The summed E-state index contributed by atoms with van der Waals surface area (Å²) in [7, 11) is 0. The van der Waals surface area contributed by atoms with Crippen molar-refractivity contribution in [2.45, 2.75) is 38.8 Å². The molecule has 6 heteroatoms. The van der Waals surface area contributed by atoms with E-state index < -0.39 is 5.54 Å². The predicted octanol–water partition coefficient (Wildman–Crippen LogP) is 3.34. The first-order valence-corrected chi connectivity index (χ1v) is 9.01. The van der Waals surface area contributed by atoms with Crippen molar-refractivity contribution in [3.63, 3.8) is 0 Å². The summed E-state index contributed by atoms with van der Waals surface area (Å²) in [6.45, 7) is 4.12. The van der Waals surface area contributed by atoms with E-state index in [2.05, 4.69) is 22.4 Å². The molecule has 1 aromatic carbocycles. The second-order valence-electron chi connectivity index (χ2n) is 6.81. The molecule has 4 rings (SSSR count). The van der Waals surface area contributed by atoms with Crippen molar-refractivity contribution in [3.05, 3.63) is 40.9 Å². The quantitative estimate of drug-likeness (QED) is 0.868. The molecule has 0 bridgehead atoms. The summed E-state index contributed by atoms with van der Waals surface area (Å²) in [5.74, 6) is 0.150. The molecule has 0 spiro atoms. The van der Waals surface area contributed by atoms with Gasteiger partial charge in [-0.1, -0.05) is 29.8 Å². The predicted molar refractivity (Wildman–Crippen MR) is 92.5 cm³/mol. The van der Waals surface area contributed by atoms with E-state index in [1.54, 1.807) is 0 Å². The van der Waals surface area contributed by atoms with E-state index in [9.17, 15) is 9.59 Å². The second-order valence-corrected chi connectivity index (χ2v) is 7.67. The third kappa shape index (κ3) is 2.51. The number of nitrogens with one attached hydrogen (secondary N) is 1. The number of rotatable bonds is 4. The zero-order valence-electron chi connectivity index (χ0n) is 13.7. The first kappa shape index (κ1) is 15.3. The van der Waals surface area contributed by atoms with Gasteiger partial charge in [-0.25, -0.2) is 9.78 Å². The van der Waals surface area contributed by atoms with E-state index in [0.717, 1.165) is 29.1 Å². The van der Waals surface area contributed by atoms with Crippen LogP contribution in [-0.4, -0.2) is 27.4 Å². The number of carbonyl (C=O) groups excluding carboxylic acids is 2. The van der Waals surface area contributed by atoms with Crippen molar-refractivity contribution < 1.29 is 9.59 Å². The Morgan fingerprint density at radius 2 is 2.00 bits per heavy atom. The molecule has 1 atom stereocenters. The minimum atomic E-state index is -0.729. The van der Waals surface area contributed by atoms with Crippen LogP contribution in [0.15, 0.2) is 29.6 Å². The molecular formula is C18H19N3O2S. The Labute approximate surface area is 144 Å². The highest BCUT2D eigenvalue weighted by molar-refractivity contribution is 7.13. The Bertz CT molecular complexity index is 810. The molecule has 1 saturated carbocycles. The number of carbonyl (C=O) groups is 2. The molecule has 0 radical (unpaired) electrons. The molecule has 5 nitrogen and oxygen atoms in total. The van der Waals surface area contributed by atoms with Crippen LogP contribution in [0.3, 0.4) is 0 Å². The fraction of sp³-hybridized carbons (Fsp3) is 0.389. The molecule has 1 aliphatic carbocycles. The molecule has 124 valence electrons. The smallest absolute Gasteiger partial charge is 0.323 e. The van der Waals surface area contributed by atoms with Gasteiger partial charge < -0.3 is 5.32 Å². The third-order valence-corrected chi connectivity index (χ3v) is 5.81. The van der Waals surface area contributed by atoms with Crippen LogP contribution >= 0.6 is 11.3 Å². The molecule has 0 unspecified atom stereocenters. The maximum absolute atomic E-state index is 12.7. The lowest BCUT2D eigenvalue weighted by molar-refractivity contribution is -0.131. The monoisotopic (exact) mass is 341 g/mol. The molecule has 2 heterocycles. The molecule has 2 aliphatic rings. The molecule has 3 amide bonds.